The lowest BCUT2D eigenvalue weighted by atomic mass is 10.1. The molecule has 1 saturated heterocycles. The highest BCUT2D eigenvalue weighted by Gasteiger charge is 2.24. The third-order valence-corrected chi connectivity index (χ3v) is 3.56. The summed E-state index contributed by atoms with van der Waals surface area (Å²) in [6.45, 7) is 7.46. The number of hydrogen-bond donors (Lipinski definition) is 0. The summed E-state index contributed by atoms with van der Waals surface area (Å²) in [4.78, 5) is 16.0. The van der Waals surface area contributed by atoms with Crippen molar-refractivity contribution in [2.75, 3.05) is 26.2 Å². The van der Waals surface area contributed by atoms with Crippen LogP contribution in [0.2, 0.25) is 0 Å². The molecule has 0 aromatic carbocycles. The minimum Gasteiger partial charge on any atom is -0.340 e. The molecule has 4 heteroatoms. The van der Waals surface area contributed by atoms with Crippen molar-refractivity contribution >= 4 is 5.91 Å². The Balaban J connectivity index is 2.36. The van der Waals surface area contributed by atoms with Gasteiger partial charge in [-0.3, -0.25) is 9.69 Å². The number of carbonyl (C=O) groups is 1. The van der Waals surface area contributed by atoms with Gasteiger partial charge in [0.15, 0.2) is 0 Å². The van der Waals surface area contributed by atoms with Crippen molar-refractivity contribution < 1.29 is 4.79 Å². The summed E-state index contributed by atoms with van der Waals surface area (Å²) >= 11 is 0. The fourth-order valence-electron chi connectivity index (χ4n) is 2.37. The predicted molar refractivity (Wildman–Crippen MR) is 72.0 cm³/mol. The SMILES string of the molecule is CCCCC(=O)N1CCN(C(C#N)CCC)CC1. The van der Waals surface area contributed by atoms with Crippen molar-refractivity contribution in [2.24, 2.45) is 0 Å². The topological polar surface area (TPSA) is 47.3 Å². The molecule has 1 unspecified atom stereocenters. The Morgan fingerprint density at radius 2 is 1.89 bits per heavy atom. The van der Waals surface area contributed by atoms with Gasteiger partial charge in [0, 0.05) is 32.6 Å². The van der Waals surface area contributed by atoms with E-state index in [0.717, 1.165) is 51.9 Å². The third-order valence-electron chi connectivity index (χ3n) is 3.56. The van der Waals surface area contributed by atoms with E-state index in [0.29, 0.717) is 6.42 Å². The highest BCUT2D eigenvalue weighted by atomic mass is 16.2. The molecule has 1 rings (SSSR count). The first-order valence-corrected chi connectivity index (χ1v) is 7.14. The molecule has 0 bridgehead atoms. The molecule has 1 aliphatic heterocycles. The Hall–Kier alpha value is -1.08. The molecule has 18 heavy (non-hydrogen) atoms. The number of piperazine rings is 1. The van der Waals surface area contributed by atoms with Crippen LogP contribution in [0, 0.1) is 11.3 Å². The van der Waals surface area contributed by atoms with E-state index in [-0.39, 0.29) is 11.9 Å². The van der Waals surface area contributed by atoms with Gasteiger partial charge in [-0.25, -0.2) is 0 Å². The standard InChI is InChI=1S/C14H25N3O/c1-3-5-7-14(18)17-10-8-16(9-11-17)13(12-15)6-4-2/h13H,3-11H2,1-2H3. The summed E-state index contributed by atoms with van der Waals surface area (Å²) in [5, 5.41) is 9.13. The van der Waals surface area contributed by atoms with E-state index in [4.69, 9.17) is 5.26 Å². The molecule has 1 aliphatic rings. The quantitative estimate of drug-likeness (QED) is 0.725. The first kappa shape index (κ1) is 15.0. The fraction of sp³-hybridized carbons (Fsp3) is 0.857. The van der Waals surface area contributed by atoms with Crippen LogP contribution >= 0.6 is 0 Å². The van der Waals surface area contributed by atoms with Crippen LogP contribution in [0.3, 0.4) is 0 Å². The molecule has 0 aromatic heterocycles. The van der Waals surface area contributed by atoms with Gasteiger partial charge in [-0.2, -0.15) is 5.26 Å². The minimum atomic E-state index is 0.0305. The van der Waals surface area contributed by atoms with E-state index in [1.54, 1.807) is 0 Å². The van der Waals surface area contributed by atoms with E-state index < -0.39 is 0 Å². The fourth-order valence-corrected chi connectivity index (χ4v) is 2.37. The number of amides is 1. The van der Waals surface area contributed by atoms with Crippen molar-refractivity contribution in [1.29, 1.82) is 5.26 Å². The molecule has 1 heterocycles. The molecule has 1 fully saturated rings. The molecule has 1 atom stereocenters. The van der Waals surface area contributed by atoms with Gasteiger partial charge in [0.2, 0.25) is 5.91 Å². The average Bonchev–Trinajstić information content (AvgIpc) is 2.42. The molecule has 1 amide bonds. The first-order chi connectivity index (χ1) is 8.72. The van der Waals surface area contributed by atoms with Crippen molar-refractivity contribution in [1.82, 2.24) is 9.80 Å². The van der Waals surface area contributed by atoms with Crippen LogP contribution < -0.4 is 0 Å². The predicted octanol–water partition coefficient (Wildman–Crippen LogP) is 2.01. The zero-order valence-electron chi connectivity index (χ0n) is 11.7. The molecular weight excluding hydrogens is 226 g/mol. The molecule has 4 nitrogen and oxygen atoms in total. The molecule has 0 radical (unpaired) electrons. The van der Waals surface area contributed by atoms with Gasteiger partial charge in [-0.15, -0.1) is 0 Å². The van der Waals surface area contributed by atoms with Gasteiger partial charge < -0.3 is 4.90 Å². The monoisotopic (exact) mass is 251 g/mol. The number of carbonyl (C=O) groups excluding carboxylic acids is 1. The Morgan fingerprint density at radius 3 is 2.39 bits per heavy atom. The first-order valence-electron chi connectivity index (χ1n) is 7.14. The zero-order chi connectivity index (χ0) is 13.4. The van der Waals surface area contributed by atoms with E-state index in [2.05, 4.69) is 24.8 Å². The van der Waals surface area contributed by atoms with E-state index in [1.807, 2.05) is 4.90 Å². The Morgan fingerprint density at radius 1 is 1.22 bits per heavy atom. The molecule has 0 N–H and O–H groups in total. The second-order valence-corrected chi connectivity index (χ2v) is 4.95. The van der Waals surface area contributed by atoms with Crippen molar-refractivity contribution in [3.05, 3.63) is 0 Å². The van der Waals surface area contributed by atoms with Crippen LogP contribution in [-0.2, 0) is 4.79 Å². The van der Waals surface area contributed by atoms with Crippen LogP contribution in [0.4, 0.5) is 0 Å². The van der Waals surface area contributed by atoms with Crippen LogP contribution in [0.25, 0.3) is 0 Å². The van der Waals surface area contributed by atoms with Crippen LogP contribution in [0.15, 0.2) is 0 Å². The third kappa shape index (κ3) is 4.30. The number of unbranched alkanes of at least 4 members (excludes halogenated alkanes) is 1. The van der Waals surface area contributed by atoms with Crippen molar-refractivity contribution in [3.63, 3.8) is 0 Å². The summed E-state index contributed by atoms with van der Waals surface area (Å²) in [5.74, 6) is 0.278. The lowest BCUT2D eigenvalue weighted by molar-refractivity contribution is -0.133. The molecule has 0 spiro atoms. The van der Waals surface area contributed by atoms with Gasteiger partial charge in [-0.05, 0) is 12.8 Å². The molecular formula is C14H25N3O. The summed E-state index contributed by atoms with van der Waals surface area (Å²) in [7, 11) is 0. The number of rotatable bonds is 6. The van der Waals surface area contributed by atoms with Gasteiger partial charge in [0.05, 0.1) is 12.1 Å². The van der Waals surface area contributed by atoms with E-state index in [9.17, 15) is 4.79 Å². The minimum absolute atomic E-state index is 0.0305. The Bertz CT molecular complexity index is 290. The maximum Gasteiger partial charge on any atom is 0.222 e. The van der Waals surface area contributed by atoms with Crippen LogP contribution in [0.5, 0.6) is 0 Å². The number of hydrogen-bond acceptors (Lipinski definition) is 3. The largest absolute Gasteiger partial charge is 0.340 e. The van der Waals surface area contributed by atoms with E-state index >= 15 is 0 Å². The zero-order valence-corrected chi connectivity index (χ0v) is 11.7. The van der Waals surface area contributed by atoms with E-state index in [1.165, 1.54) is 0 Å². The highest BCUT2D eigenvalue weighted by Crippen LogP contribution is 2.12. The summed E-state index contributed by atoms with van der Waals surface area (Å²) < 4.78 is 0. The maximum absolute atomic E-state index is 11.9. The van der Waals surface area contributed by atoms with Crippen LogP contribution in [-0.4, -0.2) is 47.9 Å². The van der Waals surface area contributed by atoms with Crippen LogP contribution in [0.1, 0.15) is 46.0 Å². The normalized spacial score (nSPS) is 18.4. The highest BCUT2D eigenvalue weighted by molar-refractivity contribution is 5.76. The summed E-state index contributed by atoms with van der Waals surface area (Å²) in [6.07, 6.45) is 4.69. The van der Waals surface area contributed by atoms with Crippen molar-refractivity contribution in [2.45, 2.75) is 52.0 Å². The Kier molecular flexibility index (Phi) is 6.74. The molecule has 0 aliphatic carbocycles. The van der Waals surface area contributed by atoms with Gasteiger partial charge >= 0.3 is 0 Å². The van der Waals surface area contributed by atoms with Crippen molar-refractivity contribution in [3.8, 4) is 6.07 Å². The van der Waals surface area contributed by atoms with Gasteiger partial charge in [-0.1, -0.05) is 26.7 Å². The lowest BCUT2D eigenvalue weighted by Crippen LogP contribution is -2.51. The second-order valence-electron chi connectivity index (χ2n) is 4.95. The summed E-state index contributed by atoms with van der Waals surface area (Å²) in [6, 6.07) is 2.40. The maximum atomic E-state index is 11.9. The smallest absolute Gasteiger partial charge is 0.222 e. The molecule has 0 saturated carbocycles. The summed E-state index contributed by atoms with van der Waals surface area (Å²) in [5.41, 5.74) is 0. The second kappa shape index (κ2) is 8.10. The molecule has 0 aromatic rings. The number of nitriles is 1. The van der Waals surface area contributed by atoms with Gasteiger partial charge in [0.25, 0.3) is 0 Å². The average molecular weight is 251 g/mol. The Labute approximate surface area is 111 Å². The lowest BCUT2D eigenvalue weighted by Gasteiger charge is -2.37. The molecule has 102 valence electrons. The number of nitrogens with zero attached hydrogens (tertiary/aromatic N) is 3. The van der Waals surface area contributed by atoms with Gasteiger partial charge in [0.1, 0.15) is 0 Å².